The molecule has 3 N–H and O–H groups in total. The number of nitrogens with one attached hydrogen (secondary N) is 1. The largest absolute Gasteiger partial charge is 0.389 e. The van der Waals surface area contributed by atoms with Gasteiger partial charge in [-0.2, -0.15) is 0 Å². The Hall–Kier alpha value is -0.160. The Kier molecular flexibility index (Phi) is 4.19. The molecular weight excluding hydrogens is 206 g/mol. The first-order valence-corrected chi connectivity index (χ1v) is 6.37. The second-order valence-electron chi connectivity index (χ2n) is 5.34. The van der Waals surface area contributed by atoms with Gasteiger partial charge >= 0.3 is 0 Å². The molecule has 0 aliphatic heterocycles. The van der Waals surface area contributed by atoms with Crippen molar-refractivity contribution in [3.8, 4) is 0 Å². The molecular formula is C12H23NO3. The van der Waals surface area contributed by atoms with Crippen LogP contribution in [0.3, 0.4) is 0 Å². The molecule has 0 aromatic carbocycles. The first-order chi connectivity index (χ1) is 7.68. The summed E-state index contributed by atoms with van der Waals surface area (Å²) >= 11 is 0. The summed E-state index contributed by atoms with van der Waals surface area (Å²) in [6.45, 7) is 2.29. The zero-order chi connectivity index (χ0) is 11.4. The van der Waals surface area contributed by atoms with Gasteiger partial charge in [0.05, 0.1) is 18.3 Å². The highest BCUT2D eigenvalue weighted by atomic mass is 16.5. The third-order valence-electron chi connectivity index (χ3n) is 3.48. The molecule has 2 fully saturated rings. The van der Waals surface area contributed by atoms with Gasteiger partial charge in [0.25, 0.3) is 0 Å². The SMILES string of the molecule is OC(CNCC1(O)CCC1)COCC1CC1. The number of hydrogen-bond acceptors (Lipinski definition) is 4. The van der Waals surface area contributed by atoms with Crippen molar-refractivity contribution in [1.29, 1.82) is 0 Å². The number of hydrogen-bond donors (Lipinski definition) is 3. The third kappa shape index (κ3) is 4.01. The Morgan fingerprint density at radius 2 is 2.12 bits per heavy atom. The van der Waals surface area contributed by atoms with Gasteiger partial charge in [-0.1, -0.05) is 0 Å². The van der Waals surface area contributed by atoms with Gasteiger partial charge in [-0.3, -0.25) is 0 Å². The minimum atomic E-state index is -0.505. The average molecular weight is 229 g/mol. The molecule has 2 saturated carbocycles. The summed E-state index contributed by atoms with van der Waals surface area (Å²) in [5, 5.41) is 22.5. The Morgan fingerprint density at radius 1 is 1.38 bits per heavy atom. The summed E-state index contributed by atoms with van der Waals surface area (Å²) in [5.74, 6) is 0.746. The highest BCUT2D eigenvalue weighted by molar-refractivity contribution is 4.89. The average Bonchev–Trinajstić information content (AvgIpc) is 2.99. The van der Waals surface area contributed by atoms with E-state index in [-0.39, 0.29) is 0 Å². The topological polar surface area (TPSA) is 61.7 Å². The standard InChI is InChI=1S/C12H23NO3/c14-11(8-16-7-10-2-3-10)6-13-9-12(15)4-1-5-12/h10-11,13-15H,1-9H2. The van der Waals surface area contributed by atoms with Crippen LogP contribution in [0.5, 0.6) is 0 Å². The monoisotopic (exact) mass is 229 g/mol. The second-order valence-corrected chi connectivity index (χ2v) is 5.34. The van der Waals surface area contributed by atoms with E-state index in [0.717, 1.165) is 31.8 Å². The van der Waals surface area contributed by atoms with E-state index < -0.39 is 11.7 Å². The van der Waals surface area contributed by atoms with E-state index >= 15 is 0 Å². The van der Waals surface area contributed by atoms with Gasteiger partial charge in [0.1, 0.15) is 0 Å². The van der Waals surface area contributed by atoms with Crippen LogP contribution in [0.15, 0.2) is 0 Å². The summed E-state index contributed by atoms with van der Waals surface area (Å²) < 4.78 is 5.39. The van der Waals surface area contributed by atoms with Gasteiger partial charge in [0.15, 0.2) is 0 Å². The summed E-state index contributed by atoms with van der Waals surface area (Å²) in [6, 6.07) is 0. The van der Waals surface area contributed by atoms with Crippen molar-refractivity contribution in [2.45, 2.75) is 43.8 Å². The van der Waals surface area contributed by atoms with E-state index in [9.17, 15) is 10.2 Å². The van der Waals surface area contributed by atoms with Crippen molar-refractivity contribution < 1.29 is 14.9 Å². The quantitative estimate of drug-likeness (QED) is 0.559. The van der Waals surface area contributed by atoms with Crippen LogP contribution < -0.4 is 5.32 Å². The Bertz CT molecular complexity index is 214. The molecule has 1 unspecified atom stereocenters. The van der Waals surface area contributed by atoms with Crippen LogP contribution in [0.4, 0.5) is 0 Å². The number of aliphatic hydroxyl groups is 2. The molecule has 0 heterocycles. The fourth-order valence-corrected chi connectivity index (χ4v) is 1.95. The highest BCUT2D eigenvalue weighted by Crippen LogP contribution is 2.30. The van der Waals surface area contributed by atoms with Crippen LogP contribution in [0.1, 0.15) is 32.1 Å². The minimum absolute atomic E-state index is 0.405. The maximum Gasteiger partial charge on any atom is 0.0897 e. The summed E-state index contributed by atoms with van der Waals surface area (Å²) in [4.78, 5) is 0. The molecule has 0 radical (unpaired) electrons. The summed E-state index contributed by atoms with van der Waals surface area (Å²) in [6.07, 6.45) is 4.98. The molecule has 0 bridgehead atoms. The fourth-order valence-electron chi connectivity index (χ4n) is 1.95. The molecule has 2 aliphatic carbocycles. The third-order valence-corrected chi connectivity index (χ3v) is 3.48. The number of rotatable bonds is 8. The highest BCUT2D eigenvalue weighted by Gasteiger charge is 2.33. The van der Waals surface area contributed by atoms with Gasteiger partial charge in [-0.15, -0.1) is 0 Å². The smallest absolute Gasteiger partial charge is 0.0897 e. The fraction of sp³-hybridized carbons (Fsp3) is 1.00. The molecule has 0 amide bonds. The summed E-state index contributed by atoms with van der Waals surface area (Å²) in [7, 11) is 0. The van der Waals surface area contributed by atoms with Crippen LogP contribution in [-0.2, 0) is 4.74 Å². The molecule has 4 heteroatoms. The van der Waals surface area contributed by atoms with Crippen molar-refractivity contribution in [3.05, 3.63) is 0 Å². The van der Waals surface area contributed by atoms with Crippen molar-refractivity contribution in [2.75, 3.05) is 26.3 Å². The Balaban J connectivity index is 1.44. The van der Waals surface area contributed by atoms with Gasteiger partial charge < -0.3 is 20.3 Å². The van der Waals surface area contributed by atoms with Gasteiger partial charge in [-0.25, -0.2) is 0 Å². The minimum Gasteiger partial charge on any atom is -0.389 e. The van der Waals surface area contributed by atoms with E-state index in [1.54, 1.807) is 0 Å². The van der Waals surface area contributed by atoms with Crippen LogP contribution in [0.2, 0.25) is 0 Å². The Labute approximate surface area is 97.0 Å². The predicted octanol–water partition coefficient (Wildman–Crippen LogP) is 0.278. The predicted molar refractivity (Wildman–Crippen MR) is 61.2 cm³/mol. The normalized spacial score (nSPS) is 25.1. The van der Waals surface area contributed by atoms with Crippen molar-refractivity contribution >= 4 is 0 Å². The van der Waals surface area contributed by atoms with E-state index in [1.807, 2.05) is 0 Å². The molecule has 4 nitrogen and oxygen atoms in total. The Morgan fingerprint density at radius 3 is 2.69 bits per heavy atom. The molecule has 1 atom stereocenters. The van der Waals surface area contributed by atoms with Gasteiger partial charge in [0, 0.05) is 19.7 Å². The van der Waals surface area contributed by atoms with E-state index in [1.165, 1.54) is 12.8 Å². The zero-order valence-electron chi connectivity index (χ0n) is 9.82. The lowest BCUT2D eigenvalue weighted by atomic mass is 9.80. The van der Waals surface area contributed by atoms with Gasteiger partial charge in [-0.05, 0) is 38.0 Å². The van der Waals surface area contributed by atoms with Crippen LogP contribution in [-0.4, -0.2) is 48.2 Å². The maximum absolute atomic E-state index is 9.80. The molecule has 0 aromatic rings. The maximum atomic E-state index is 9.80. The first kappa shape index (κ1) is 12.3. The molecule has 2 aliphatic rings. The number of aliphatic hydroxyl groups excluding tert-OH is 1. The van der Waals surface area contributed by atoms with Crippen molar-refractivity contribution in [1.82, 2.24) is 5.32 Å². The lowest BCUT2D eigenvalue weighted by Crippen LogP contribution is -2.48. The molecule has 16 heavy (non-hydrogen) atoms. The first-order valence-electron chi connectivity index (χ1n) is 6.37. The van der Waals surface area contributed by atoms with Crippen LogP contribution in [0, 0.1) is 5.92 Å². The van der Waals surface area contributed by atoms with E-state index in [0.29, 0.717) is 19.7 Å². The van der Waals surface area contributed by atoms with Crippen LogP contribution in [0.25, 0.3) is 0 Å². The lowest BCUT2D eigenvalue weighted by molar-refractivity contribution is -0.0350. The summed E-state index contributed by atoms with van der Waals surface area (Å²) in [5.41, 5.74) is -0.505. The zero-order valence-corrected chi connectivity index (χ0v) is 9.82. The molecule has 0 spiro atoms. The molecule has 0 aromatic heterocycles. The molecule has 0 saturated heterocycles. The lowest BCUT2D eigenvalue weighted by Gasteiger charge is -2.36. The van der Waals surface area contributed by atoms with Gasteiger partial charge in [0.2, 0.25) is 0 Å². The van der Waals surface area contributed by atoms with Crippen molar-refractivity contribution in [2.24, 2.45) is 5.92 Å². The van der Waals surface area contributed by atoms with E-state index in [4.69, 9.17) is 4.74 Å². The second kappa shape index (κ2) is 5.45. The van der Waals surface area contributed by atoms with Crippen molar-refractivity contribution in [3.63, 3.8) is 0 Å². The number of ether oxygens (including phenoxy) is 1. The van der Waals surface area contributed by atoms with Crippen LogP contribution >= 0.6 is 0 Å². The van der Waals surface area contributed by atoms with E-state index in [2.05, 4.69) is 5.32 Å². The molecule has 2 rings (SSSR count). The molecule has 94 valence electrons.